The van der Waals surface area contributed by atoms with Gasteiger partial charge in [-0.25, -0.2) is 19.6 Å². The first-order chi connectivity index (χ1) is 18.6. The van der Waals surface area contributed by atoms with Gasteiger partial charge in [0, 0.05) is 37.2 Å². The molecule has 1 atom stereocenters. The number of cyclic esters (lactones) is 1. The summed E-state index contributed by atoms with van der Waals surface area (Å²) < 4.78 is 10.4. The Morgan fingerprint density at radius 1 is 1.32 bits per heavy atom. The molecule has 3 aliphatic rings. The minimum Gasteiger partial charge on any atom is -0.418 e. The second kappa shape index (κ2) is 11.1. The fraction of sp³-hybridized carbons (Fsp3) is 0.308. The minimum atomic E-state index is -0.574. The number of rotatable bonds is 6. The molecule has 2 N–H and O–H groups in total. The fourth-order valence-corrected chi connectivity index (χ4v) is 4.49. The fourth-order valence-electron chi connectivity index (χ4n) is 4.49. The van der Waals surface area contributed by atoms with Crippen molar-refractivity contribution in [3.63, 3.8) is 0 Å². The summed E-state index contributed by atoms with van der Waals surface area (Å²) in [5.74, 6) is 0.653. The molecule has 2 aromatic heterocycles. The third-order valence-corrected chi connectivity index (χ3v) is 6.38. The molecule has 0 saturated carbocycles. The number of nitrogens with one attached hydrogen (secondary N) is 2. The highest BCUT2D eigenvalue weighted by molar-refractivity contribution is 6.01. The first-order valence-corrected chi connectivity index (χ1v) is 12.2. The number of pyridine rings is 2. The van der Waals surface area contributed by atoms with Crippen molar-refractivity contribution in [1.29, 1.82) is 5.26 Å². The Kier molecular flexibility index (Phi) is 7.28. The number of amides is 3. The first kappa shape index (κ1) is 24.9. The van der Waals surface area contributed by atoms with Crippen molar-refractivity contribution in [1.82, 2.24) is 14.9 Å². The Bertz CT molecular complexity index is 1360. The SMILES string of the molecule is N#Cc1cnc(NC(=O)N2CCCc3cc(CN4C=CC=COC4=O)c(C=O)nc32)cc1N[C@H]1CCOC1. The van der Waals surface area contributed by atoms with Crippen LogP contribution in [0.1, 0.15) is 40.0 Å². The third-order valence-electron chi connectivity index (χ3n) is 6.38. The van der Waals surface area contributed by atoms with Crippen LogP contribution in [0.25, 0.3) is 0 Å². The van der Waals surface area contributed by atoms with Crippen molar-refractivity contribution in [2.45, 2.75) is 31.8 Å². The van der Waals surface area contributed by atoms with Gasteiger partial charge in [0.25, 0.3) is 0 Å². The quantitative estimate of drug-likeness (QED) is 0.552. The van der Waals surface area contributed by atoms with Gasteiger partial charge in [0.05, 0.1) is 36.7 Å². The average molecular weight is 516 g/mol. The van der Waals surface area contributed by atoms with Crippen LogP contribution >= 0.6 is 0 Å². The Hall–Kier alpha value is -4.76. The molecule has 2 aromatic rings. The summed E-state index contributed by atoms with van der Waals surface area (Å²) in [4.78, 5) is 48.9. The molecule has 1 saturated heterocycles. The van der Waals surface area contributed by atoms with Gasteiger partial charge in [-0.05, 0) is 43.0 Å². The summed E-state index contributed by atoms with van der Waals surface area (Å²) in [6.07, 6.45) is 9.70. The number of carbonyl (C=O) groups is 3. The largest absolute Gasteiger partial charge is 0.418 e. The van der Waals surface area contributed by atoms with Crippen LogP contribution in [0.15, 0.2) is 42.9 Å². The van der Waals surface area contributed by atoms with Gasteiger partial charge < -0.3 is 14.8 Å². The second-order valence-electron chi connectivity index (χ2n) is 8.93. The molecule has 38 heavy (non-hydrogen) atoms. The number of aryl methyl sites for hydroxylation is 1. The zero-order valence-corrected chi connectivity index (χ0v) is 20.4. The molecule has 0 spiro atoms. The lowest BCUT2D eigenvalue weighted by atomic mass is 10.0. The third kappa shape index (κ3) is 5.33. The van der Waals surface area contributed by atoms with Gasteiger partial charge in [0.2, 0.25) is 0 Å². The second-order valence-corrected chi connectivity index (χ2v) is 8.93. The summed E-state index contributed by atoms with van der Waals surface area (Å²) in [6.45, 7) is 1.68. The summed E-state index contributed by atoms with van der Waals surface area (Å²) in [7, 11) is 0. The lowest BCUT2D eigenvalue weighted by molar-refractivity contribution is 0.111. The molecule has 5 heterocycles. The molecule has 12 heteroatoms. The van der Waals surface area contributed by atoms with Gasteiger partial charge >= 0.3 is 12.1 Å². The Morgan fingerprint density at radius 2 is 2.21 bits per heavy atom. The van der Waals surface area contributed by atoms with Crippen LogP contribution < -0.4 is 15.5 Å². The molecule has 0 unspecified atom stereocenters. The predicted molar refractivity (Wildman–Crippen MR) is 136 cm³/mol. The molecule has 0 radical (unpaired) electrons. The van der Waals surface area contributed by atoms with Crippen LogP contribution in [0.5, 0.6) is 0 Å². The van der Waals surface area contributed by atoms with Crippen molar-refractivity contribution in [2.24, 2.45) is 0 Å². The van der Waals surface area contributed by atoms with E-state index in [2.05, 4.69) is 26.7 Å². The van der Waals surface area contributed by atoms with Crippen LogP contribution in [0.2, 0.25) is 0 Å². The van der Waals surface area contributed by atoms with E-state index in [0.717, 1.165) is 12.0 Å². The van der Waals surface area contributed by atoms with Crippen LogP contribution in [0, 0.1) is 11.3 Å². The van der Waals surface area contributed by atoms with E-state index >= 15 is 0 Å². The smallest absolute Gasteiger partial charge is 0.418 e. The van der Waals surface area contributed by atoms with Crippen LogP contribution in [0.4, 0.5) is 26.9 Å². The molecule has 194 valence electrons. The van der Waals surface area contributed by atoms with Crippen molar-refractivity contribution < 1.29 is 23.9 Å². The maximum absolute atomic E-state index is 13.3. The molecule has 0 bridgehead atoms. The van der Waals surface area contributed by atoms with E-state index in [1.807, 2.05) is 0 Å². The molecular formula is C26H25N7O5. The monoisotopic (exact) mass is 515 g/mol. The summed E-state index contributed by atoms with van der Waals surface area (Å²) in [5.41, 5.74) is 2.39. The van der Waals surface area contributed by atoms with Crippen LogP contribution in [-0.4, -0.2) is 59.1 Å². The first-order valence-electron chi connectivity index (χ1n) is 12.2. The van der Waals surface area contributed by atoms with Gasteiger partial charge in [0.1, 0.15) is 23.4 Å². The number of urea groups is 1. The maximum atomic E-state index is 13.3. The van der Waals surface area contributed by atoms with E-state index in [-0.39, 0.29) is 24.1 Å². The van der Waals surface area contributed by atoms with Gasteiger partial charge in [-0.2, -0.15) is 5.26 Å². The topological polar surface area (TPSA) is 150 Å². The maximum Gasteiger partial charge on any atom is 0.418 e. The minimum absolute atomic E-state index is 0.0742. The normalized spacial score (nSPS) is 18.3. The molecule has 0 aromatic carbocycles. The summed E-state index contributed by atoms with van der Waals surface area (Å²) in [5, 5.41) is 15.5. The standard InChI is InChI=1S/C26H25N7O5/c27-12-19-13-28-23(11-21(19)29-20-5-9-37-16-20)31-25(35)33-7-3-4-17-10-18(22(15-34)30-24(17)33)14-32-6-1-2-8-38-26(32)36/h1-2,6,8,10-11,13,15,20H,3-5,7,9,14,16H2,(H2,28,29,31,35)/t20-/m0/s1. The average Bonchev–Trinajstić information content (AvgIpc) is 3.36. The lowest BCUT2D eigenvalue weighted by Crippen LogP contribution is -2.40. The number of aromatic nitrogens is 2. The number of anilines is 3. The van der Waals surface area contributed by atoms with Gasteiger partial charge in [-0.1, -0.05) is 0 Å². The van der Waals surface area contributed by atoms with E-state index < -0.39 is 12.1 Å². The van der Waals surface area contributed by atoms with E-state index in [0.29, 0.717) is 61.5 Å². The number of nitrogens with zero attached hydrogens (tertiary/aromatic N) is 5. The van der Waals surface area contributed by atoms with E-state index in [1.165, 1.54) is 22.3 Å². The van der Waals surface area contributed by atoms with Crippen molar-refractivity contribution in [3.8, 4) is 6.07 Å². The molecule has 12 nitrogen and oxygen atoms in total. The highest BCUT2D eigenvalue weighted by Gasteiger charge is 2.27. The number of carbonyl (C=O) groups excluding carboxylic acids is 3. The van der Waals surface area contributed by atoms with Gasteiger partial charge in [0.15, 0.2) is 6.29 Å². The highest BCUT2D eigenvalue weighted by atomic mass is 16.5. The number of hydrogen-bond acceptors (Lipinski definition) is 9. The Morgan fingerprint density at radius 3 is 3.00 bits per heavy atom. The predicted octanol–water partition coefficient (Wildman–Crippen LogP) is 3.33. The highest BCUT2D eigenvalue weighted by Crippen LogP contribution is 2.29. The van der Waals surface area contributed by atoms with Crippen molar-refractivity contribution >= 4 is 35.7 Å². The van der Waals surface area contributed by atoms with Crippen LogP contribution in [-0.2, 0) is 22.4 Å². The van der Waals surface area contributed by atoms with Crippen molar-refractivity contribution in [2.75, 3.05) is 35.3 Å². The number of ether oxygens (including phenoxy) is 2. The number of hydrogen-bond donors (Lipinski definition) is 2. The van der Waals surface area contributed by atoms with Crippen molar-refractivity contribution in [3.05, 3.63) is 65.3 Å². The number of nitriles is 1. The number of aldehydes is 1. The zero-order valence-electron chi connectivity index (χ0n) is 20.4. The summed E-state index contributed by atoms with van der Waals surface area (Å²) >= 11 is 0. The Labute approximate surface area is 218 Å². The van der Waals surface area contributed by atoms with E-state index in [9.17, 15) is 19.6 Å². The summed E-state index contributed by atoms with van der Waals surface area (Å²) in [6, 6.07) is 5.15. The molecule has 1 fully saturated rings. The number of fused-ring (bicyclic) bond motifs is 1. The van der Waals surface area contributed by atoms with E-state index in [1.54, 1.807) is 30.5 Å². The Balaban J connectivity index is 1.36. The van der Waals surface area contributed by atoms with E-state index in [4.69, 9.17) is 9.47 Å². The molecule has 5 rings (SSSR count). The lowest BCUT2D eigenvalue weighted by Gasteiger charge is -2.29. The zero-order chi connectivity index (χ0) is 26.5. The molecular weight excluding hydrogens is 490 g/mol. The van der Waals surface area contributed by atoms with Crippen LogP contribution in [0.3, 0.4) is 0 Å². The number of allylic oxidation sites excluding steroid dienone is 2. The van der Waals surface area contributed by atoms with Gasteiger partial charge in [-0.3, -0.25) is 19.9 Å². The molecule has 3 aliphatic heterocycles. The molecule has 3 amide bonds. The molecule has 0 aliphatic carbocycles. The van der Waals surface area contributed by atoms with Gasteiger partial charge in [-0.15, -0.1) is 0 Å².